The second-order valence-electron chi connectivity index (χ2n) is 4.73. The van der Waals surface area contributed by atoms with E-state index in [-0.39, 0.29) is 0 Å². The van der Waals surface area contributed by atoms with Crippen molar-refractivity contribution >= 4 is 26.9 Å². The summed E-state index contributed by atoms with van der Waals surface area (Å²) in [5.41, 5.74) is 1.19. The summed E-state index contributed by atoms with van der Waals surface area (Å²) in [4.78, 5) is 0. The Morgan fingerprint density at radius 3 is 2.43 bits per heavy atom. The van der Waals surface area contributed by atoms with Crippen molar-refractivity contribution in [2.75, 3.05) is 7.05 Å². The maximum atomic E-state index is 13.4. The Morgan fingerprint density at radius 1 is 1.10 bits per heavy atom. The summed E-state index contributed by atoms with van der Waals surface area (Å²) in [5.74, 6) is -0.616. The maximum absolute atomic E-state index is 13.4. The summed E-state index contributed by atoms with van der Waals surface area (Å²) < 4.78 is 33.5. The molecule has 2 nitrogen and oxygen atoms in total. The zero-order chi connectivity index (χ0) is 15.0. The molecule has 0 saturated heterocycles. The molecule has 3 rings (SSSR count). The number of hydrogen-bond donors (Lipinski definition) is 1. The van der Waals surface area contributed by atoms with Crippen LogP contribution in [0.25, 0.3) is 11.0 Å². The van der Waals surface area contributed by atoms with Gasteiger partial charge in [0.1, 0.15) is 23.0 Å². The second-order valence-corrected chi connectivity index (χ2v) is 5.59. The van der Waals surface area contributed by atoms with Crippen molar-refractivity contribution in [2.24, 2.45) is 0 Å². The third kappa shape index (κ3) is 2.71. The standard InChI is InChI=1S/C16H12BrF2NO/c1-20-15(10-5-11(18)8-12(19)6-10)14-7-9-3-2-4-13(17)16(9)21-14/h2-8,15,20H,1H3. The van der Waals surface area contributed by atoms with E-state index in [2.05, 4.69) is 21.2 Å². The number of rotatable bonds is 3. The minimum atomic E-state index is -0.609. The van der Waals surface area contributed by atoms with E-state index in [4.69, 9.17) is 4.42 Å². The smallest absolute Gasteiger partial charge is 0.148 e. The lowest BCUT2D eigenvalue weighted by Gasteiger charge is -2.14. The first-order chi connectivity index (χ1) is 10.1. The Balaban J connectivity index is 2.11. The van der Waals surface area contributed by atoms with Gasteiger partial charge in [0.2, 0.25) is 0 Å². The van der Waals surface area contributed by atoms with Gasteiger partial charge < -0.3 is 9.73 Å². The van der Waals surface area contributed by atoms with Crippen LogP contribution >= 0.6 is 15.9 Å². The van der Waals surface area contributed by atoms with E-state index in [0.29, 0.717) is 16.9 Å². The Morgan fingerprint density at radius 2 is 1.81 bits per heavy atom. The van der Waals surface area contributed by atoms with Crippen molar-refractivity contribution in [1.29, 1.82) is 0 Å². The van der Waals surface area contributed by atoms with Crippen molar-refractivity contribution in [3.63, 3.8) is 0 Å². The molecule has 0 saturated carbocycles. The molecule has 0 radical (unpaired) electrons. The van der Waals surface area contributed by atoms with Gasteiger partial charge in [0.05, 0.1) is 10.5 Å². The highest BCUT2D eigenvalue weighted by molar-refractivity contribution is 9.10. The van der Waals surface area contributed by atoms with Crippen molar-refractivity contribution in [3.8, 4) is 0 Å². The molecule has 2 aromatic carbocycles. The average molecular weight is 352 g/mol. The number of fused-ring (bicyclic) bond motifs is 1. The summed E-state index contributed by atoms with van der Waals surface area (Å²) in [6.45, 7) is 0. The van der Waals surface area contributed by atoms with Crippen molar-refractivity contribution < 1.29 is 13.2 Å². The van der Waals surface area contributed by atoms with Crippen molar-refractivity contribution in [1.82, 2.24) is 5.32 Å². The highest BCUT2D eigenvalue weighted by Crippen LogP contribution is 2.32. The van der Waals surface area contributed by atoms with Crippen LogP contribution < -0.4 is 5.32 Å². The molecular weight excluding hydrogens is 340 g/mol. The molecule has 5 heteroatoms. The van der Waals surface area contributed by atoms with E-state index in [0.717, 1.165) is 15.9 Å². The molecule has 0 spiro atoms. The fourth-order valence-corrected chi connectivity index (χ4v) is 2.87. The molecule has 108 valence electrons. The van der Waals surface area contributed by atoms with Gasteiger partial charge in [-0.15, -0.1) is 0 Å². The zero-order valence-corrected chi connectivity index (χ0v) is 12.7. The number of para-hydroxylation sites is 1. The minimum absolute atomic E-state index is 0.422. The molecule has 3 aromatic rings. The molecule has 1 unspecified atom stereocenters. The van der Waals surface area contributed by atoms with Crippen LogP contribution in [0.15, 0.2) is 51.4 Å². The molecule has 0 aliphatic carbocycles. The van der Waals surface area contributed by atoms with Gasteiger partial charge in [0.15, 0.2) is 0 Å². The quantitative estimate of drug-likeness (QED) is 0.734. The van der Waals surface area contributed by atoms with E-state index in [1.807, 2.05) is 24.3 Å². The lowest BCUT2D eigenvalue weighted by Crippen LogP contribution is -2.17. The Kier molecular flexibility index (Phi) is 3.78. The van der Waals surface area contributed by atoms with Crippen LogP contribution in [-0.4, -0.2) is 7.05 Å². The lowest BCUT2D eigenvalue weighted by atomic mass is 10.0. The Labute approximate surface area is 128 Å². The van der Waals surface area contributed by atoms with Crippen LogP contribution in [0.2, 0.25) is 0 Å². The molecule has 0 fully saturated rings. The predicted molar refractivity (Wildman–Crippen MR) is 81.2 cm³/mol. The molecule has 1 N–H and O–H groups in total. The monoisotopic (exact) mass is 351 g/mol. The van der Waals surface area contributed by atoms with Crippen LogP contribution in [-0.2, 0) is 0 Å². The third-order valence-electron chi connectivity index (χ3n) is 3.31. The SMILES string of the molecule is CNC(c1cc(F)cc(F)c1)c1cc2cccc(Br)c2o1. The van der Waals surface area contributed by atoms with Crippen LogP contribution in [0.5, 0.6) is 0 Å². The molecule has 0 aliphatic rings. The fraction of sp³-hybridized carbons (Fsp3) is 0.125. The largest absolute Gasteiger partial charge is 0.458 e. The summed E-state index contributed by atoms with van der Waals surface area (Å²) in [5, 5.41) is 3.95. The molecular formula is C16H12BrF2NO. The predicted octanol–water partition coefficient (Wildman–Crippen LogP) is 4.78. The number of nitrogens with one attached hydrogen (secondary N) is 1. The topological polar surface area (TPSA) is 25.2 Å². The summed E-state index contributed by atoms with van der Waals surface area (Å²) in [6, 6.07) is 10.6. The first-order valence-electron chi connectivity index (χ1n) is 6.39. The van der Waals surface area contributed by atoms with Gasteiger partial charge in [-0.1, -0.05) is 12.1 Å². The van der Waals surface area contributed by atoms with Crippen LogP contribution in [0.3, 0.4) is 0 Å². The van der Waals surface area contributed by atoms with Gasteiger partial charge in [-0.05, 0) is 52.8 Å². The van der Waals surface area contributed by atoms with Gasteiger partial charge >= 0.3 is 0 Å². The molecule has 0 bridgehead atoms. The molecule has 0 aliphatic heterocycles. The van der Waals surface area contributed by atoms with E-state index < -0.39 is 17.7 Å². The number of halogens is 3. The second kappa shape index (κ2) is 5.58. The van der Waals surface area contributed by atoms with Crippen LogP contribution in [0, 0.1) is 11.6 Å². The van der Waals surface area contributed by atoms with Gasteiger partial charge in [-0.2, -0.15) is 0 Å². The third-order valence-corrected chi connectivity index (χ3v) is 3.93. The van der Waals surface area contributed by atoms with Gasteiger partial charge in [0.25, 0.3) is 0 Å². The normalized spacial score (nSPS) is 12.8. The Bertz CT molecular complexity index is 780. The highest BCUT2D eigenvalue weighted by atomic mass is 79.9. The average Bonchev–Trinajstić information content (AvgIpc) is 2.83. The number of furan rings is 1. The molecule has 1 atom stereocenters. The minimum Gasteiger partial charge on any atom is -0.458 e. The van der Waals surface area contributed by atoms with Crippen LogP contribution in [0.1, 0.15) is 17.4 Å². The van der Waals surface area contributed by atoms with Gasteiger partial charge in [-0.3, -0.25) is 0 Å². The fourth-order valence-electron chi connectivity index (χ4n) is 2.40. The molecule has 1 aromatic heterocycles. The van der Waals surface area contributed by atoms with Crippen LogP contribution in [0.4, 0.5) is 8.78 Å². The summed E-state index contributed by atoms with van der Waals surface area (Å²) in [6.07, 6.45) is 0. The van der Waals surface area contributed by atoms with Crippen molar-refractivity contribution in [3.05, 3.63) is 69.9 Å². The number of hydrogen-bond acceptors (Lipinski definition) is 2. The molecule has 1 heterocycles. The van der Waals surface area contributed by atoms with Gasteiger partial charge in [0, 0.05) is 11.5 Å². The molecule has 21 heavy (non-hydrogen) atoms. The first kappa shape index (κ1) is 14.2. The lowest BCUT2D eigenvalue weighted by molar-refractivity contribution is 0.486. The highest BCUT2D eigenvalue weighted by Gasteiger charge is 2.19. The van der Waals surface area contributed by atoms with E-state index in [9.17, 15) is 8.78 Å². The molecule has 0 amide bonds. The van der Waals surface area contributed by atoms with Crippen molar-refractivity contribution in [2.45, 2.75) is 6.04 Å². The summed E-state index contributed by atoms with van der Waals surface area (Å²) >= 11 is 3.43. The Hall–Kier alpha value is -1.72. The maximum Gasteiger partial charge on any atom is 0.148 e. The van der Waals surface area contributed by atoms with Gasteiger partial charge in [-0.25, -0.2) is 8.78 Å². The van der Waals surface area contributed by atoms with E-state index >= 15 is 0 Å². The van der Waals surface area contributed by atoms with E-state index in [1.54, 1.807) is 7.05 Å². The first-order valence-corrected chi connectivity index (χ1v) is 7.19. The number of benzene rings is 2. The van der Waals surface area contributed by atoms with E-state index in [1.165, 1.54) is 12.1 Å². The zero-order valence-electron chi connectivity index (χ0n) is 11.2. The summed E-state index contributed by atoms with van der Waals surface area (Å²) in [7, 11) is 1.72.